The van der Waals surface area contributed by atoms with Crippen molar-refractivity contribution in [1.29, 1.82) is 0 Å². The number of hydrogen-bond donors (Lipinski definition) is 1. The van der Waals surface area contributed by atoms with E-state index in [0.29, 0.717) is 5.88 Å². The highest BCUT2D eigenvalue weighted by Crippen LogP contribution is 2.38. The molecule has 1 heterocycles. The highest BCUT2D eigenvalue weighted by Gasteiger charge is 2.34. The minimum absolute atomic E-state index is 0.271. The van der Waals surface area contributed by atoms with Gasteiger partial charge in [0.05, 0.1) is 12.7 Å². The zero-order chi connectivity index (χ0) is 10.0. The van der Waals surface area contributed by atoms with Crippen LogP contribution in [0, 0.1) is 0 Å². The van der Waals surface area contributed by atoms with Crippen LogP contribution in [0.5, 0.6) is 5.88 Å². The van der Waals surface area contributed by atoms with Crippen molar-refractivity contribution in [2.24, 2.45) is 5.73 Å². The molecule has 0 atom stereocenters. The highest BCUT2D eigenvalue weighted by molar-refractivity contribution is 5.31. The van der Waals surface area contributed by atoms with Gasteiger partial charge in [-0.15, -0.1) is 0 Å². The van der Waals surface area contributed by atoms with Crippen molar-refractivity contribution < 1.29 is 4.74 Å². The van der Waals surface area contributed by atoms with E-state index < -0.39 is 0 Å². The monoisotopic (exact) mass is 193 g/mol. The first-order chi connectivity index (χ1) is 6.76. The van der Waals surface area contributed by atoms with Crippen molar-refractivity contribution >= 4 is 0 Å². The van der Waals surface area contributed by atoms with Crippen LogP contribution in [-0.4, -0.2) is 17.1 Å². The molecule has 2 N–H and O–H groups in total. The molecule has 0 spiro atoms. The molecular formula is C10H15N3O. The second-order valence-corrected chi connectivity index (χ2v) is 3.81. The molecule has 0 amide bonds. The van der Waals surface area contributed by atoms with E-state index in [1.807, 2.05) is 0 Å². The molecule has 4 nitrogen and oxygen atoms in total. The van der Waals surface area contributed by atoms with E-state index in [1.165, 1.54) is 19.2 Å². The second-order valence-electron chi connectivity index (χ2n) is 3.81. The van der Waals surface area contributed by atoms with E-state index in [2.05, 4.69) is 9.97 Å². The van der Waals surface area contributed by atoms with Crippen LogP contribution < -0.4 is 10.5 Å². The van der Waals surface area contributed by atoms with Gasteiger partial charge in [0.2, 0.25) is 5.88 Å². The van der Waals surface area contributed by atoms with Gasteiger partial charge in [0.15, 0.2) is 0 Å². The van der Waals surface area contributed by atoms with Crippen molar-refractivity contribution in [2.45, 2.75) is 31.2 Å². The predicted molar refractivity (Wildman–Crippen MR) is 52.9 cm³/mol. The molecule has 1 fully saturated rings. The molecule has 4 heteroatoms. The molecular weight excluding hydrogens is 178 g/mol. The fraction of sp³-hybridized carbons (Fsp3) is 0.600. The molecule has 0 radical (unpaired) electrons. The lowest BCUT2D eigenvalue weighted by molar-refractivity contribution is 0.363. The summed E-state index contributed by atoms with van der Waals surface area (Å²) in [6.45, 7) is 0. The fourth-order valence-corrected chi connectivity index (χ4v) is 2.10. The Morgan fingerprint density at radius 1 is 1.43 bits per heavy atom. The average Bonchev–Trinajstić information content (AvgIpc) is 2.66. The van der Waals surface area contributed by atoms with Crippen molar-refractivity contribution in [2.75, 3.05) is 7.11 Å². The topological polar surface area (TPSA) is 61.0 Å². The lowest BCUT2D eigenvalue weighted by Crippen LogP contribution is -2.33. The quantitative estimate of drug-likeness (QED) is 0.767. The Morgan fingerprint density at radius 2 is 2.14 bits per heavy atom. The first-order valence-electron chi connectivity index (χ1n) is 4.90. The van der Waals surface area contributed by atoms with Crippen LogP contribution >= 0.6 is 0 Å². The van der Waals surface area contributed by atoms with Gasteiger partial charge in [-0.1, -0.05) is 12.8 Å². The van der Waals surface area contributed by atoms with Crippen LogP contribution in [0.3, 0.4) is 0 Å². The summed E-state index contributed by atoms with van der Waals surface area (Å²) in [7, 11) is 1.62. The maximum atomic E-state index is 6.30. The van der Waals surface area contributed by atoms with E-state index in [0.717, 1.165) is 18.4 Å². The third-order valence-corrected chi connectivity index (χ3v) is 2.90. The van der Waals surface area contributed by atoms with Gasteiger partial charge in [0, 0.05) is 11.7 Å². The van der Waals surface area contributed by atoms with Crippen molar-refractivity contribution in [1.82, 2.24) is 9.97 Å². The van der Waals surface area contributed by atoms with E-state index in [4.69, 9.17) is 10.5 Å². The van der Waals surface area contributed by atoms with Crippen LogP contribution in [0.15, 0.2) is 12.5 Å². The fourth-order valence-electron chi connectivity index (χ4n) is 2.10. The molecule has 0 unspecified atom stereocenters. The van der Waals surface area contributed by atoms with Crippen molar-refractivity contribution in [3.63, 3.8) is 0 Å². The van der Waals surface area contributed by atoms with Crippen LogP contribution in [0.25, 0.3) is 0 Å². The number of ether oxygens (including phenoxy) is 1. The zero-order valence-corrected chi connectivity index (χ0v) is 8.36. The SMILES string of the molecule is COc1ncncc1C1(N)CCCC1. The van der Waals surface area contributed by atoms with Crippen molar-refractivity contribution in [3.05, 3.63) is 18.1 Å². The summed E-state index contributed by atoms with van der Waals surface area (Å²) in [5.74, 6) is 0.615. The first kappa shape index (κ1) is 9.40. The summed E-state index contributed by atoms with van der Waals surface area (Å²) in [5, 5.41) is 0. The van der Waals surface area contributed by atoms with Gasteiger partial charge in [-0.2, -0.15) is 0 Å². The molecule has 1 aliphatic carbocycles. The maximum Gasteiger partial charge on any atom is 0.221 e. The highest BCUT2D eigenvalue weighted by atomic mass is 16.5. The van der Waals surface area contributed by atoms with Crippen molar-refractivity contribution in [3.8, 4) is 5.88 Å². The Kier molecular flexibility index (Phi) is 2.37. The third kappa shape index (κ3) is 1.46. The van der Waals surface area contributed by atoms with E-state index in [1.54, 1.807) is 13.3 Å². The maximum absolute atomic E-state index is 6.30. The lowest BCUT2D eigenvalue weighted by atomic mass is 9.91. The predicted octanol–water partition coefficient (Wildman–Crippen LogP) is 1.21. The van der Waals surface area contributed by atoms with Gasteiger partial charge in [0.1, 0.15) is 6.33 Å². The second kappa shape index (κ2) is 3.53. The molecule has 1 aromatic rings. The molecule has 2 rings (SSSR count). The Balaban J connectivity index is 2.39. The number of rotatable bonds is 2. The molecule has 1 saturated carbocycles. The van der Waals surface area contributed by atoms with E-state index in [-0.39, 0.29) is 5.54 Å². The summed E-state index contributed by atoms with van der Waals surface area (Å²) in [6.07, 6.45) is 7.61. The standard InChI is InChI=1S/C10H15N3O/c1-14-9-8(6-12-7-13-9)10(11)4-2-3-5-10/h6-7H,2-5,11H2,1H3. The number of hydrogen-bond acceptors (Lipinski definition) is 4. The van der Waals surface area contributed by atoms with Crippen LogP contribution in [0.1, 0.15) is 31.2 Å². The lowest BCUT2D eigenvalue weighted by Gasteiger charge is -2.24. The average molecular weight is 193 g/mol. The molecule has 76 valence electrons. The summed E-state index contributed by atoms with van der Waals surface area (Å²) in [5.41, 5.74) is 6.97. The molecule has 1 aliphatic rings. The van der Waals surface area contributed by atoms with Gasteiger partial charge in [0.25, 0.3) is 0 Å². The summed E-state index contributed by atoms with van der Waals surface area (Å²) in [4.78, 5) is 8.09. The molecule has 1 aromatic heterocycles. The molecule has 0 aliphatic heterocycles. The smallest absolute Gasteiger partial charge is 0.221 e. The number of nitrogens with zero attached hydrogens (tertiary/aromatic N) is 2. The van der Waals surface area contributed by atoms with Crippen LogP contribution in [0.4, 0.5) is 0 Å². The van der Waals surface area contributed by atoms with Gasteiger partial charge >= 0.3 is 0 Å². The summed E-state index contributed by atoms with van der Waals surface area (Å²) >= 11 is 0. The first-order valence-corrected chi connectivity index (χ1v) is 4.90. The minimum atomic E-state index is -0.271. The summed E-state index contributed by atoms with van der Waals surface area (Å²) in [6, 6.07) is 0. The van der Waals surface area contributed by atoms with Gasteiger partial charge in [-0.3, -0.25) is 0 Å². The Hall–Kier alpha value is -1.16. The number of methoxy groups -OCH3 is 1. The molecule has 14 heavy (non-hydrogen) atoms. The molecule has 0 saturated heterocycles. The number of aromatic nitrogens is 2. The van der Waals surface area contributed by atoms with E-state index in [9.17, 15) is 0 Å². The minimum Gasteiger partial charge on any atom is -0.481 e. The number of nitrogens with two attached hydrogens (primary N) is 1. The van der Waals surface area contributed by atoms with Gasteiger partial charge < -0.3 is 10.5 Å². The third-order valence-electron chi connectivity index (χ3n) is 2.90. The molecule has 0 aromatic carbocycles. The van der Waals surface area contributed by atoms with Crippen LogP contribution in [0.2, 0.25) is 0 Å². The Bertz CT molecular complexity index is 321. The largest absolute Gasteiger partial charge is 0.481 e. The summed E-state index contributed by atoms with van der Waals surface area (Å²) < 4.78 is 5.19. The van der Waals surface area contributed by atoms with Gasteiger partial charge in [-0.05, 0) is 12.8 Å². The normalized spacial score (nSPS) is 19.6. The van der Waals surface area contributed by atoms with Crippen LogP contribution in [-0.2, 0) is 5.54 Å². The van der Waals surface area contributed by atoms with Gasteiger partial charge in [-0.25, -0.2) is 9.97 Å². The molecule has 0 bridgehead atoms. The zero-order valence-electron chi connectivity index (χ0n) is 8.36. The Morgan fingerprint density at radius 3 is 2.79 bits per heavy atom. The Labute approximate surface area is 83.5 Å². The van der Waals surface area contributed by atoms with E-state index >= 15 is 0 Å².